The van der Waals surface area contributed by atoms with Crippen LogP contribution in [-0.4, -0.2) is 24.2 Å². The highest BCUT2D eigenvalue weighted by Crippen LogP contribution is 2.21. The molecule has 0 aliphatic carbocycles. The summed E-state index contributed by atoms with van der Waals surface area (Å²) in [5.74, 6) is -0.388. The van der Waals surface area contributed by atoms with Crippen molar-refractivity contribution in [2.24, 2.45) is 0 Å². The number of likely N-dealkylation sites (tertiary alicyclic amines) is 1. The maximum atomic E-state index is 13.5. The fourth-order valence-electron chi connectivity index (χ4n) is 1.84. The highest BCUT2D eigenvalue weighted by Gasteiger charge is 2.22. The molecule has 0 saturated carbocycles. The molecule has 1 saturated heterocycles. The van der Waals surface area contributed by atoms with E-state index in [4.69, 9.17) is 11.6 Å². The van der Waals surface area contributed by atoms with Crippen LogP contribution in [0.5, 0.6) is 0 Å². The number of hydrogen-bond acceptors (Lipinski definition) is 1. The van der Waals surface area contributed by atoms with Gasteiger partial charge in [-0.05, 0) is 12.5 Å². The molecule has 0 radical (unpaired) electrons. The van der Waals surface area contributed by atoms with Gasteiger partial charge in [0.1, 0.15) is 12.0 Å². The van der Waals surface area contributed by atoms with Crippen LogP contribution in [0.4, 0.5) is 8.78 Å². The van der Waals surface area contributed by atoms with E-state index < -0.39 is 6.17 Å². The molecule has 1 nitrogen and oxygen atoms in total. The molecule has 0 aromatic heterocycles. The van der Waals surface area contributed by atoms with Crippen LogP contribution < -0.4 is 0 Å². The first-order chi connectivity index (χ1) is 7.16. The Hall–Kier alpha value is -0.670. The minimum atomic E-state index is -0.771. The van der Waals surface area contributed by atoms with Crippen molar-refractivity contribution in [3.63, 3.8) is 0 Å². The fraction of sp³-hybridized carbons (Fsp3) is 0.455. The molecule has 2 rings (SSSR count). The second-order valence-corrected chi connectivity index (χ2v) is 4.24. The van der Waals surface area contributed by atoms with E-state index in [1.807, 2.05) is 4.90 Å². The molecule has 1 aromatic rings. The van der Waals surface area contributed by atoms with E-state index in [0.29, 0.717) is 31.6 Å². The van der Waals surface area contributed by atoms with Crippen LogP contribution in [0.3, 0.4) is 0 Å². The fourth-order valence-corrected chi connectivity index (χ4v) is 2.03. The van der Waals surface area contributed by atoms with Crippen molar-refractivity contribution in [2.75, 3.05) is 13.1 Å². The quantitative estimate of drug-likeness (QED) is 0.756. The van der Waals surface area contributed by atoms with Gasteiger partial charge in [0.05, 0.1) is 5.02 Å². The summed E-state index contributed by atoms with van der Waals surface area (Å²) in [7, 11) is 0. The largest absolute Gasteiger partial charge is 0.296 e. The smallest absolute Gasteiger partial charge is 0.146 e. The Labute approximate surface area is 92.6 Å². The zero-order chi connectivity index (χ0) is 10.8. The zero-order valence-electron chi connectivity index (χ0n) is 8.22. The number of benzene rings is 1. The first-order valence-corrected chi connectivity index (χ1v) is 5.34. The zero-order valence-corrected chi connectivity index (χ0v) is 8.97. The summed E-state index contributed by atoms with van der Waals surface area (Å²) < 4.78 is 26.4. The third kappa shape index (κ3) is 2.47. The molecular formula is C11H12ClF2N. The van der Waals surface area contributed by atoms with Crippen molar-refractivity contribution in [3.8, 4) is 0 Å². The van der Waals surface area contributed by atoms with Crippen LogP contribution in [0.2, 0.25) is 5.02 Å². The van der Waals surface area contributed by atoms with Crippen molar-refractivity contribution < 1.29 is 8.78 Å². The number of rotatable bonds is 2. The molecule has 1 aliphatic heterocycles. The Kier molecular flexibility index (Phi) is 3.22. The summed E-state index contributed by atoms with van der Waals surface area (Å²) in [5, 5.41) is 0.128. The van der Waals surface area contributed by atoms with E-state index in [-0.39, 0.29) is 10.8 Å². The van der Waals surface area contributed by atoms with Gasteiger partial charge in [0.2, 0.25) is 0 Å². The second kappa shape index (κ2) is 4.45. The normalized spacial score (nSPS) is 22.2. The Morgan fingerprint density at radius 1 is 1.47 bits per heavy atom. The summed E-state index contributed by atoms with van der Waals surface area (Å²) in [4.78, 5) is 1.90. The highest BCUT2D eigenvalue weighted by molar-refractivity contribution is 6.30. The second-order valence-electron chi connectivity index (χ2n) is 3.83. The lowest BCUT2D eigenvalue weighted by Gasteiger charge is -2.15. The number of nitrogens with zero attached hydrogens (tertiary/aromatic N) is 1. The van der Waals surface area contributed by atoms with Crippen molar-refractivity contribution >= 4 is 11.6 Å². The van der Waals surface area contributed by atoms with Crippen molar-refractivity contribution in [2.45, 2.75) is 19.1 Å². The minimum Gasteiger partial charge on any atom is -0.296 e. The van der Waals surface area contributed by atoms with E-state index >= 15 is 0 Å². The van der Waals surface area contributed by atoms with E-state index in [9.17, 15) is 8.78 Å². The standard InChI is InChI=1S/C11H12ClF2N/c12-10-3-1-2-8(11(10)14)6-15-5-4-9(13)7-15/h1-3,9H,4-7H2/t9-/m1/s1. The maximum absolute atomic E-state index is 13.5. The Morgan fingerprint density at radius 2 is 2.27 bits per heavy atom. The van der Waals surface area contributed by atoms with Crippen LogP contribution in [0.25, 0.3) is 0 Å². The van der Waals surface area contributed by atoms with Crippen LogP contribution in [0, 0.1) is 5.82 Å². The van der Waals surface area contributed by atoms with Crippen molar-refractivity contribution in [3.05, 3.63) is 34.6 Å². The molecule has 1 atom stereocenters. The van der Waals surface area contributed by atoms with Crippen LogP contribution in [-0.2, 0) is 6.54 Å². The lowest BCUT2D eigenvalue weighted by Crippen LogP contribution is -2.21. The van der Waals surface area contributed by atoms with Crippen molar-refractivity contribution in [1.82, 2.24) is 4.90 Å². The molecule has 82 valence electrons. The first kappa shape index (κ1) is 10.8. The molecule has 1 aliphatic rings. The molecule has 1 aromatic carbocycles. The average Bonchev–Trinajstić information content (AvgIpc) is 2.59. The van der Waals surface area contributed by atoms with E-state index in [1.54, 1.807) is 12.1 Å². The molecule has 1 heterocycles. The summed E-state index contributed by atoms with van der Waals surface area (Å²) >= 11 is 5.66. The monoisotopic (exact) mass is 231 g/mol. The highest BCUT2D eigenvalue weighted by atomic mass is 35.5. The molecular weight excluding hydrogens is 220 g/mol. The van der Waals surface area contributed by atoms with E-state index in [1.165, 1.54) is 6.07 Å². The van der Waals surface area contributed by atoms with Gasteiger partial charge in [-0.3, -0.25) is 4.90 Å². The summed E-state index contributed by atoms with van der Waals surface area (Å²) in [6.45, 7) is 1.52. The van der Waals surface area contributed by atoms with Crippen LogP contribution in [0.1, 0.15) is 12.0 Å². The SMILES string of the molecule is Fc1c(Cl)cccc1CN1CC[C@@H](F)C1. The molecule has 1 fully saturated rings. The third-order valence-electron chi connectivity index (χ3n) is 2.64. The van der Waals surface area contributed by atoms with Gasteiger partial charge in [-0.1, -0.05) is 23.7 Å². The summed E-state index contributed by atoms with van der Waals surface area (Å²) in [6.07, 6.45) is -0.227. The molecule has 0 amide bonds. The molecule has 0 N–H and O–H groups in total. The van der Waals surface area contributed by atoms with Gasteiger partial charge in [-0.25, -0.2) is 8.78 Å². The molecule has 15 heavy (non-hydrogen) atoms. The van der Waals surface area contributed by atoms with Gasteiger partial charge < -0.3 is 0 Å². The van der Waals surface area contributed by atoms with E-state index in [2.05, 4.69) is 0 Å². The van der Waals surface area contributed by atoms with Crippen molar-refractivity contribution in [1.29, 1.82) is 0 Å². The molecule has 0 unspecified atom stereocenters. The number of hydrogen-bond donors (Lipinski definition) is 0. The van der Waals surface area contributed by atoms with Gasteiger partial charge in [0.15, 0.2) is 0 Å². The van der Waals surface area contributed by atoms with Crippen LogP contribution in [0.15, 0.2) is 18.2 Å². The number of halogens is 3. The maximum Gasteiger partial charge on any atom is 0.146 e. The Bertz CT molecular complexity index is 356. The first-order valence-electron chi connectivity index (χ1n) is 4.96. The average molecular weight is 232 g/mol. The third-order valence-corrected chi connectivity index (χ3v) is 2.93. The van der Waals surface area contributed by atoms with Gasteiger partial charge in [0, 0.05) is 25.2 Å². The predicted octanol–water partition coefficient (Wildman–Crippen LogP) is 3.02. The van der Waals surface area contributed by atoms with Gasteiger partial charge >= 0.3 is 0 Å². The molecule has 4 heteroatoms. The Morgan fingerprint density at radius 3 is 2.93 bits per heavy atom. The predicted molar refractivity (Wildman–Crippen MR) is 56.2 cm³/mol. The van der Waals surface area contributed by atoms with Gasteiger partial charge in [-0.15, -0.1) is 0 Å². The topological polar surface area (TPSA) is 3.24 Å². The minimum absolute atomic E-state index is 0.128. The van der Waals surface area contributed by atoms with Crippen LogP contribution >= 0.6 is 11.6 Å². The summed E-state index contributed by atoms with van der Waals surface area (Å²) in [5.41, 5.74) is 0.539. The van der Waals surface area contributed by atoms with Gasteiger partial charge in [-0.2, -0.15) is 0 Å². The Balaban J connectivity index is 2.07. The lowest BCUT2D eigenvalue weighted by molar-refractivity contribution is 0.279. The number of alkyl halides is 1. The lowest BCUT2D eigenvalue weighted by atomic mass is 10.2. The van der Waals surface area contributed by atoms with Gasteiger partial charge in [0.25, 0.3) is 0 Å². The molecule has 0 spiro atoms. The summed E-state index contributed by atoms with van der Waals surface area (Å²) in [6, 6.07) is 4.92. The van der Waals surface area contributed by atoms with E-state index in [0.717, 1.165) is 0 Å². The molecule has 0 bridgehead atoms.